The van der Waals surface area contributed by atoms with Gasteiger partial charge in [-0.25, -0.2) is 0 Å². The molecule has 0 atom stereocenters. The molecule has 0 bridgehead atoms. The second-order valence-electron chi connectivity index (χ2n) is 7.03. The van der Waals surface area contributed by atoms with Crippen LogP contribution >= 0.6 is 0 Å². The van der Waals surface area contributed by atoms with Crippen LogP contribution in [0.25, 0.3) is 0 Å². The van der Waals surface area contributed by atoms with Crippen LogP contribution in [0.1, 0.15) is 18.4 Å². The number of methoxy groups -OCH3 is 1. The van der Waals surface area contributed by atoms with Gasteiger partial charge in [-0.05, 0) is 57.2 Å². The fourth-order valence-electron chi connectivity index (χ4n) is 3.29. The zero-order valence-electron chi connectivity index (χ0n) is 16.9. The SMILES string of the molecule is CN=C(NCCCN1CCCN(C)CC1)N(C)Cc1ccc(OC)cc1. The Labute approximate surface area is 158 Å². The summed E-state index contributed by atoms with van der Waals surface area (Å²) in [5.74, 6) is 1.83. The molecule has 1 aromatic carbocycles. The molecule has 146 valence electrons. The van der Waals surface area contributed by atoms with Crippen molar-refractivity contribution in [2.75, 3.05) is 67.5 Å². The van der Waals surface area contributed by atoms with E-state index in [2.05, 4.69) is 51.2 Å². The van der Waals surface area contributed by atoms with Crippen molar-refractivity contribution in [3.63, 3.8) is 0 Å². The summed E-state index contributed by atoms with van der Waals surface area (Å²) >= 11 is 0. The van der Waals surface area contributed by atoms with Crippen LogP contribution in [0.15, 0.2) is 29.3 Å². The Balaban J connectivity index is 1.70. The summed E-state index contributed by atoms with van der Waals surface area (Å²) in [7, 11) is 7.83. The van der Waals surface area contributed by atoms with Crippen LogP contribution in [-0.4, -0.2) is 88.2 Å². The molecule has 6 heteroatoms. The minimum atomic E-state index is 0.822. The van der Waals surface area contributed by atoms with Gasteiger partial charge in [0.05, 0.1) is 7.11 Å². The van der Waals surface area contributed by atoms with E-state index in [-0.39, 0.29) is 0 Å². The summed E-state index contributed by atoms with van der Waals surface area (Å²) < 4.78 is 5.22. The molecule has 1 aliphatic rings. The number of hydrogen-bond acceptors (Lipinski definition) is 4. The molecule has 1 saturated heterocycles. The topological polar surface area (TPSA) is 43.3 Å². The third-order valence-corrected chi connectivity index (χ3v) is 4.90. The van der Waals surface area contributed by atoms with Crippen molar-refractivity contribution in [3.05, 3.63) is 29.8 Å². The maximum absolute atomic E-state index is 5.22. The first-order valence-corrected chi connectivity index (χ1v) is 9.58. The number of ether oxygens (including phenoxy) is 1. The number of hydrogen-bond donors (Lipinski definition) is 1. The van der Waals surface area contributed by atoms with Gasteiger partial charge in [0.2, 0.25) is 0 Å². The van der Waals surface area contributed by atoms with Crippen molar-refractivity contribution < 1.29 is 4.74 Å². The van der Waals surface area contributed by atoms with Gasteiger partial charge in [-0.2, -0.15) is 0 Å². The maximum atomic E-state index is 5.22. The van der Waals surface area contributed by atoms with E-state index in [9.17, 15) is 0 Å². The molecule has 0 aliphatic carbocycles. The molecule has 0 spiro atoms. The smallest absolute Gasteiger partial charge is 0.193 e. The van der Waals surface area contributed by atoms with Gasteiger partial charge < -0.3 is 24.8 Å². The van der Waals surface area contributed by atoms with Crippen molar-refractivity contribution in [1.82, 2.24) is 20.0 Å². The van der Waals surface area contributed by atoms with E-state index in [4.69, 9.17) is 4.74 Å². The molecule has 1 fully saturated rings. The van der Waals surface area contributed by atoms with Crippen LogP contribution in [0.5, 0.6) is 5.75 Å². The molecule has 1 aromatic rings. The fraction of sp³-hybridized carbons (Fsp3) is 0.650. The number of nitrogens with one attached hydrogen (secondary N) is 1. The lowest BCUT2D eigenvalue weighted by Gasteiger charge is -2.23. The quantitative estimate of drug-likeness (QED) is 0.455. The van der Waals surface area contributed by atoms with Gasteiger partial charge >= 0.3 is 0 Å². The van der Waals surface area contributed by atoms with Crippen LogP contribution in [0.3, 0.4) is 0 Å². The first-order valence-electron chi connectivity index (χ1n) is 9.58. The molecule has 1 N–H and O–H groups in total. The average molecular weight is 362 g/mol. The molecule has 6 nitrogen and oxygen atoms in total. The molecule has 0 aromatic heterocycles. The molecule has 26 heavy (non-hydrogen) atoms. The molecular weight excluding hydrogens is 326 g/mol. The highest BCUT2D eigenvalue weighted by Crippen LogP contribution is 2.12. The Morgan fingerprint density at radius 2 is 1.96 bits per heavy atom. The first-order chi connectivity index (χ1) is 12.6. The van der Waals surface area contributed by atoms with E-state index >= 15 is 0 Å². The lowest BCUT2D eigenvalue weighted by Crippen LogP contribution is -2.40. The Morgan fingerprint density at radius 1 is 1.19 bits per heavy atom. The highest BCUT2D eigenvalue weighted by Gasteiger charge is 2.12. The predicted molar refractivity (Wildman–Crippen MR) is 109 cm³/mol. The zero-order valence-corrected chi connectivity index (χ0v) is 16.9. The van der Waals surface area contributed by atoms with Crippen molar-refractivity contribution in [1.29, 1.82) is 0 Å². The van der Waals surface area contributed by atoms with Crippen LogP contribution in [0.2, 0.25) is 0 Å². The normalized spacial score (nSPS) is 17.0. The van der Waals surface area contributed by atoms with E-state index in [1.807, 2.05) is 19.2 Å². The van der Waals surface area contributed by atoms with Gasteiger partial charge in [0.15, 0.2) is 5.96 Å². The van der Waals surface area contributed by atoms with Crippen molar-refractivity contribution in [2.45, 2.75) is 19.4 Å². The van der Waals surface area contributed by atoms with E-state index < -0.39 is 0 Å². The third-order valence-electron chi connectivity index (χ3n) is 4.90. The summed E-state index contributed by atoms with van der Waals surface area (Å²) in [4.78, 5) is 11.6. The molecule has 1 aliphatic heterocycles. The molecule has 0 radical (unpaired) electrons. The lowest BCUT2D eigenvalue weighted by atomic mass is 10.2. The zero-order chi connectivity index (χ0) is 18.8. The molecule has 0 saturated carbocycles. The van der Waals surface area contributed by atoms with Crippen molar-refractivity contribution >= 4 is 5.96 Å². The number of nitrogens with zero attached hydrogens (tertiary/aromatic N) is 4. The summed E-state index contributed by atoms with van der Waals surface area (Å²) in [6.07, 6.45) is 2.41. The van der Waals surface area contributed by atoms with Crippen LogP contribution in [-0.2, 0) is 6.54 Å². The number of guanidine groups is 1. The number of benzene rings is 1. The molecule has 0 unspecified atom stereocenters. The lowest BCUT2D eigenvalue weighted by molar-refractivity contribution is 0.273. The monoisotopic (exact) mass is 361 g/mol. The minimum absolute atomic E-state index is 0.822. The largest absolute Gasteiger partial charge is 0.497 e. The minimum Gasteiger partial charge on any atom is -0.497 e. The second-order valence-corrected chi connectivity index (χ2v) is 7.03. The van der Waals surface area contributed by atoms with Gasteiger partial charge in [-0.3, -0.25) is 4.99 Å². The second kappa shape index (κ2) is 11.0. The Kier molecular flexibility index (Phi) is 8.71. The number of likely N-dealkylation sites (N-methyl/N-ethyl adjacent to an activating group) is 1. The Morgan fingerprint density at radius 3 is 2.65 bits per heavy atom. The van der Waals surface area contributed by atoms with E-state index in [1.54, 1.807) is 7.11 Å². The molecule has 0 amide bonds. The van der Waals surface area contributed by atoms with Gasteiger partial charge in [-0.1, -0.05) is 12.1 Å². The van der Waals surface area contributed by atoms with Gasteiger partial charge in [0.25, 0.3) is 0 Å². The standard InChI is InChI=1S/C20H35N5O/c1-21-20(24(3)17-18-7-9-19(26-4)10-8-18)22-11-5-13-25-14-6-12-23(2)15-16-25/h7-10H,5-6,11-17H2,1-4H3,(H,21,22). The Bertz CT molecular complexity index is 546. The van der Waals surface area contributed by atoms with Crippen LogP contribution < -0.4 is 10.1 Å². The number of rotatable bonds is 7. The summed E-state index contributed by atoms with van der Waals surface area (Å²) in [5, 5.41) is 3.49. The first kappa shape index (κ1) is 20.5. The van der Waals surface area contributed by atoms with E-state index in [0.717, 1.165) is 37.8 Å². The van der Waals surface area contributed by atoms with Gasteiger partial charge in [0, 0.05) is 40.3 Å². The molecule has 2 rings (SSSR count). The van der Waals surface area contributed by atoms with Crippen LogP contribution in [0, 0.1) is 0 Å². The fourth-order valence-corrected chi connectivity index (χ4v) is 3.29. The molecular formula is C20H35N5O. The number of aliphatic imine (C=N–C) groups is 1. The third kappa shape index (κ3) is 6.84. The maximum Gasteiger partial charge on any atom is 0.193 e. The highest BCUT2D eigenvalue weighted by molar-refractivity contribution is 5.79. The van der Waals surface area contributed by atoms with Crippen molar-refractivity contribution in [2.24, 2.45) is 4.99 Å². The van der Waals surface area contributed by atoms with E-state index in [0.29, 0.717) is 0 Å². The predicted octanol–water partition coefficient (Wildman–Crippen LogP) is 1.73. The highest BCUT2D eigenvalue weighted by atomic mass is 16.5. The van der Waals surface area contributed by atoms with Crippen molar-refractivity contribution in [3.8, 4) is 5.75 Å². The average Bonchev–Trinajstić information content (AvgIpc) is 2.86. The Hall–Kier alpha value is -1.79. The van der Waals surface area contributed by atoms with Gasteiger partial charge in [0.1, 0.15) is 5.75 Å². The van der Waals surface area contributed by atoms with Gasteiger partial charge in [-0.15, -0.1) is 0 Å². The summed E-state index contributed by atoms with van der Waals surface area (Å²) in [5.41, 5.74) is 1.24. The van der Waals surface area contributed by atoms with E-state index in [1.165, 1.54) is 38.2 Å². The summed E-state index contributed by atoms with van der Waals surface area (Å²) in [6.45, 7) is 7.73. The van der Waals surface area contributed by atoms with Crippen LogP contribution in [0.4, 0.5) is 0 Å². The molecule has 1 heterocycles. The summed E-state index contributed by atoms with van der Waals surface area (Å²) in [6, 6.07) is 8.19.